The molecule has 0 unspecified atom stereocenters. The van der Waals surface area contributed by atoms with E-state index in [2.05, 4.69) is 5.32 Å². The first-order valence-corrected chi connectivity index (χ1v) is 7.43. The number of para-hydroxylation sites is 1. The highest BCUT2D eigenvalue weighted by atomic mass is 35.5. The highest BCUT2D eigenvalue weighted by Crippen LogP contribution is 2.32. The molecule has 120 valence electrons. The molecule has 0 radical (unpaired) electrons. The minimum atomic E-state index is -2.63. The molecule has 0 fully saturated rings. The Morgan fingerprint density at radius 3 is 2.61 bits per heavy atom. The molecule has 0 aliphatic rings. The van der Waals surface area contributed by atoms with Gasteiger partial charge in [0.05, 0.1) is 10.6 Å². The number of nitrogens with zero attached hydrogens (tertiary/aromatic N) is 1. The van der Waals surface area contributed by atoms with E-state index >= 15 is 0 Å². The first-order valence-electron chi connectivity index (χ1n) is 6.17. The Morgan fingerprint density at radius 2 is 1.96 bits per heavy atom. The zero-order chi connectivity index (χ0) is 17.0. The van der Waals surface area contributed by atoms with Crippen molar-refractivity contribution in [3.63, 3.8) is 0 Å². The maximum absolute atomic E-state index is 12.5. The van der Waals surface area contributed by atoms with Crippen molar-refractivity contribution in [3.05, 3.63) is 63.2 Å². The van der Waals surface area contributed by atoms with E-state index in [1.807, 2.05) is 0 Å². The van der Waals surface area contributed by atoms with Crippen molar-refractivity contribution >= 4 is 40.6 Å². The van der Waals surface area contributed by atoms with Crippen molar-refractivity contribution in [2.75, 3.05) is 5.32 Å². The smallest absolute Gasteiger partial charge is 0.288 e. The van der Waals surface area contributed by atoms with Crippen molar-refractivity contribution < 1.29 is 18.5 Å². The summed E-state index contributed by atoms with van der Waals surface area (Å²) in [6.07, 6.45) is 0. The summed E-state index contributed by atoms with van der Waals surface area (Å²) in [6, 6.07) is 9.62. The second kappa shape index (κ2) is 7.38. The summed E-state index contributed by atoms with van der Waals surface area (Å²) >= 11 is 5.97. The lowest BCUT2D eigenvalue weighted by atomic mass is 10.2. The number of carbonyl (C=O) groups is 1. The van der Waals surface area contributed by atoms with Gasteiger partial charge >= 0.3 is 0 Å². The van der Waals surface area contributed by atoms with Gasteiger partial charge in [0.2, 0.25) is 0 Å². The molecule has 2 rings (SSSR count). The minimum absolute atomic E-state index is 0.00190. The van der Waals surface area contributed by atoms with E-state index in [-0.39, 0.29) is 21.2 Å². The summed E-state index contributed by atoms with van der Waals surface area (Å²) in [7, 11) is 0. The van der Waals surface area contributed by atoms with Gasteiger partial charge in [-0.3, -0.25) is 14.9 Å². The van der Waals surface area contributed by atoms with Gasteiger partial charge in [0, 0.05) is 16.5 Å². The third-order valence-electron chi connectivity index (χ3n) is 2.76. The zero-order valence-electron chi connectivity index (χ0n) is 11.3. The average Bonchev–Trinajstić information content (AvgIpc) is 2.48. The van der Waals surface area contributed by atoms with Gasteiger partial charge in [0.1, 0.15) is 5.02 Å². The molecule has 23 heavy (non-hydrogen) atoms. The summed E-state index contributed by atoms with van der Waals surface area (Å²) in [6.45, 7) is 0. The summed E-state index contributed by atoms with van der Waals surface area (Å²) in [4.78, 5) is 22.5. The van der Waals surface area contributed by atoms with E-state index < -0.39 is 22.3 Å². The second-order valence-electron chi connectivity index (χ2n) is 4.25. The van der Waals surface area contributed by atoms with E-state index in [0.717, 1.165) is 6.07 Å². The first-order chi connectivity index (χ1) is 10.9. The van der Waals surface area contributed by atoms with Crippen LogP contribution in [0.15, 0.2) is 47.4 Å². The maximum Gasteiger partial charge on any atom is 0.288 e. The Labute approximate surface area is 138 Å². The Kier molecular flexibility index (Phi) is 5.51. The van der Waals surface area contributed by atoms with Crippen LogP contribution in [0.3, 0.4) is 0 Å². The Hall–Kier alpha value is -2.19. The highest BCUT2D eigenvalue weighted by Gasteiger charge is 2.17. The third-order valence-corrected chi connectivity index (χ3v) is 3.86. The first kappa shape index (κ1) is 17.2. The Balaban J connectivity index is 2.26. The van der Waals surface area contributed by atoms with Crippen molar-refractivity contribution in [1.82, 2.24) is 0 Å². The summed E-state index contributed by atoms with van der Waals surface area (Å²) in [5, 5.41) is 13.2. The number of carbonyl (C=O) groups excluding carboxylic acids is 1. The van der Waals surface area contributed by atoms with Gasteiger partial charge in [-0.15, -0.1) is 0 Å². The highest BCUT2D eigenvalue weighted by molar-refractivity contribution is 7.99. The summed E-state index contributed by atoms with van der Waals surface area (Å²) in [5.74, 6) is -3.29. The standard InChI is InChI=1S/C14H9ClF2N2O3S/c15-9-6-5-8(7-11(9)19(21)22)13(20)18-10-3-1-2-4-12(10)23-14(16)17/h1-7,14H,(H,18,20). The zero-order valence-corrected chi connectivity index (χ0v) is 12.9. The molecular formula is C14H9ClF2N2O3S. The van der Waals surface area contributed by atoms with Gasteiger partial charge in [-0.2, -0.15) is 8.78 Å². The van der Waals surface area contributed by atoms with Gasteiger partial charge in [-0.05, 0) is 24.3 Å². The predicted octanol–water partition coefficient (Wildman–Crippen LogP) is 4.82. The molecule has 0 aliphatic carbocycles. The summed E-state index contributed by atoms with van der Waals surface area (Å²) in [5.41, 5.74) is -0.215. The van der Waals surface area contributed by atoms with Gasteiger partial charge in [-0.1, -0.05) is 35.5 Å². The van der Waals surface area contributed by atoms with E-state index in [9.17, 15) is 23.7 Å². The number of benzene rings is 2. The van der Waals surface area contributed by atoms with Crippen LogP contribution in [0.5, 0.6) is 0 Å². The number of anilines is 1. The van der Waals surface area contributed by atoms with Crippen molar-refractivity contribution in [1.29, 1.82) is 0 Å². The van der Waals surface area contributed by atoms with E-state index in [4.69, 9.17) is 11.6 Å². The number of nitrogens with one attached hydrogen (secondary N) is 1. The monoisotopic (exact) mass is 358 g/mol. The molecule has 1 amide bonds. The number of amides is 1. The SMILES string of the molecule is O=C(Nc1ccccc1SC(F)F)c1ccc(Cl)c([N+](=O)[O-])c1. The van der Waals surface area contributed by atoms with Crippen LogP contribution in [0.2, 0.25) is 5.02 Å². The lowest BCUT2D eigenvalue weighted by Gasteiger charge is -2.10. The predicted molar refractivity (Wildman–Crippen MR) is 84.4 cm³/mol. The molecule has 0 bridgehead atoms. The van der Waals surface area contributed by atoms with Crippen LogP contribution in [-0.2, 0) is 0 Å². The van der Waals surface area contributed by atoms with Crippen LogP contribution in [0.1, 0.15) is 10.4 Å². The van der Waals surface area contributed by atoms with Gasteiger partial charge < -0.3 is 5.32 Å². The van der Waals surface area contributed by atoms with Crippen molar-refractivity contribution in [3.8, 4) is 0 Å². The second-order valence-corrected chi connectivity index (χ2v) is 5.69. The average molecular weight is 359 g/mol. The fourth-order valence-electron chi connectivity index (χ4n) is 1.76. The topological polar surface area (TPSA) is 72.2 Å². The molecule has 1 N–H and O–H groups in total. The molecule has 2 aromatic carbocycles. The fourth-order valence-corrected chi connectivity index (χ4v) is 2.54. The molecular weight excluding hydrogens is 350 g/mol. The maximum atomic E-state index is 12.5. The third kappa shape index (κ3) is 4.40. The van der Waals surface area contributed by atoms with Crippen LogP contribution in [0.25, 0.3) is 0 Å². The van der Waals surface area contributed by atoms with Crippen molar-refractivity contribution in [2.24, 2.45) is 0 Å². The molecule has 0 saturated heterocycles. The number of alkyl halides is 2. The Morgan fingerprint density at radius 1 is 1.26 bits per heavy atom. The molecule has 5 nitrogen and oxygen atoms in total. The number of nitro groups is 1. The number of hydrogen-bond acceptors (Lipinski definition) is 4. The van der Waals surface area contributed by atoms with Crippen LogP contribution >= 0.6 is 23.4 Å². The number of thioether (sulfide) groups is 1. The molecule has 0 saturated carbocycles. The van der Waals surface area contributed by atoms with E-state index in [0.29, 0.717) is 11.8 Å². The number of halogens is 3. The normalized spacial score (nSPS) is 10.6. The van der Waals surface area contributed by atoms with E-state index in [1.54, 1.807) is 12.1 Å². The van der Waals surface area contributed by atoms with Crippen LogP contribution in [0, 0.1) is 10.1 Å². The van der Waals surface area contributed by atoms with Gasteiger partial charge in [0.15, 0.2) is 0 Å². The Bertz CT molecular complexity index is 759. The van der Waals surface area contributed by atoms with Crippen LogP contribution in [-0.4, -0.2) is 16.6 Å². The summed E-state index contributed by atoms with van der Waals surface area (Å²) < 4.78 is 25.0. The quantitative estimate of drug-likeness (QED) is 0.472. The molecule has 0 atom stereocenters. The van der Waals surface area contributed by atoms with E-state index in [1.165, 1.54) is 24.3 Å². The molecule has 0 aromatic heterocycles. The fraction of sp³-hybridized carbons (Fsp3) is 0.0714. The molecule has 9 heteroatoms. The minimum Gasteiger partial charge on any atom is -0.321 e. The van der Waals surface area contributed by atoms with Crippen LogP contribution in [0.4, 0.5) is 20.2 Å². The molecule has 0 spiro atoms. The lowest BCUT2D eigenvalue weighted by molar-refractivity contribution is -0.384. The largest absolute Gasteiger partial charge is 0.321 e. The molecule has 0 heterocycles. The van der Waals surface area contributed by atoms with Crippen LogP contribution < -0.4 is 5.32 Å². The van der Waals surface area contributed by atoms with Gasteiger partial charge in [-0.25, -0.2) is 0 Å². The number of hydrogen-bond donors (Lipinski definition) is 1. The lowest BCUT2D eigenvalue weighted by Crippen LogP contribution is -2.13. The molecule has 2 aromatic rings. The number of nitro benzene ring substituents is 1. The number of rotatable bonds is 5. The van der Waals surface area contributed by atoms with Gasteiger partial charge in [0.25, 0.3) is 17.4 Å². The molecule has 0 aliphatic heterocycles. The van der Waals surface area contributed by atoms with Crippen molar-refractivity contribution in [2.45, 2.75) is 10.7 Å².